The third-order valence-corrected chi connectivity index (χ3v) is 9.22. The van der Waals surface area contributed by atoms with Crippen LogP contribution in [-0.4, -0.2) is 63.6 Å². The molecule has 1 heterocycles. The Balaban J connectivity index is 0.000000152. The number of ketones is 5. The Bertz CT molecular complexity index is 2010. The predicted molar refractivity (Wildman–Crippen MR) is 152 cm³/mol. The summed E-state index contributed by atoms with van der Waals surface area (Å²) in [4.78, 5) is 62.3. The SMILES string of the molecule is CO[C@@H]1C(=O)c2coc3c2[C@@](C)(c2ccc4c(c2C3=O)CCC4=O)[C@@H]1O.O=C1c2ccccc2C(=O)c2c1ccc(O)c2O. The van der Waals surface area contributed by atoms with Crippen molar-refractivity contribution < 1.29 is 48.4 Å². The first-order valence-electron chi connectivity index (χ1n) is 13.9. The minimum Gasteiger partial charge on any atom is -0.504 e. The fourth-order valence-electron chi connectivity index (χ4n) is 7.00. The predicted octanol–water partition coefficient (Wildman–Crippen LogP) is 3.70. The van der Waals surface area contributed by atoms with Crippen molar-refractivity contribution in [1.29, 1.82) is 0 Å². The molecule has 0 unspecified atom stereocenters. The molecule has 4 aliphatic rings. The zero-order chi connectivity index (χ0) is 31.2. The lowest BCUT2D eigenvalue weighted by atomic mass is 9.59. The van der Waals surface area contributed by atoms with E-state index in [-0.39, 0.29) is 45.4 Å². The van der Waals surface area contributed by atoms with Crippen LogP contribution in [0.5, 0.6) is 11.5 Å². The van der Waals surface area contributed by atoms with Crippen molar-refractivity contribution in [2.24, 2.45) is 0 Å². The number of benzene rings is 3. The third kappa shape index (κ3) is 3.40. The normalized spacial score (nSPS) is 22.4. The van der Waals surface area contributed by atoms with E-state index in [4.69, 9.17) is 9.15 Å². The van der Waals surface area contributed by atoms with Crippen LogP contribution < -0.4 is 0 Å². The first-order valence-corrected chi connectivity index (χ1v) is 13.9. The number of rotatable bonds is 1. The molecule has 3 atom stereocenters. The van der Waals surface area contributed by atoms with Crippen molar-refractivity contribution in [3.8, 4) is 11.5 Å². The summed E-state index contributed by atoms with van der Waals surface area (Å²) >= 11 is 0. The molecule has 10 nitrogen and oxygen atoms in total. The van der Waals surface area contributed by atoms with Crippen LogP contribution in [0.2, 0.25) is 0 Å². The number of ether oxygens (including phenoxy) is 1. The summed E-state index contributed by atoms with van der Waals surface area (Å²) in [6.07, 6.45) is -0.0867. The van der Waals surface area contributed by atoms with Gasteiger partial charge in [0.2, 0.25) is 5.78 Å². The van der Waals surface area contributed by atoms with Gasteiger partial charge < -0.3 is 24.5 Å². The highest BCUT2D eigenvalue weighted by atomic mass is 16.5. The minimum absolute atomic E-state index is 0.0147. The van der Waals surface area contributed by atoms with Crippen LogP contribution in [0.1, 0.15) is 98.7 Å². The third-order valence-electron chi connectivity index (χ3n) is 9.22. The molecule has 0 spiro atoms. The maximum Gasteiger partial charge on any atom is 0.229 e. The minimum atomic E-state index is -1.18. The lowest BCUT2D eigenvalue weighted by Crippen LogP contribution is -2.56. The zero-order valence-corrected chi connectivity index (χ0v) is 23.5. The lowest BCUT2D eigenvalue weighted by Gasteiger charge is -2.44. The molecule has 4 aromatic rings. The number of carbonyl (C=O) groups is 5. The van der Waals surface area contributed by atoms with Crippen LogP contribution in [0, 0.1) is 0 Å². The Hall–Kier alpha value is -5.19. The fraction of sp³-hybridized carbons (Fsp3) is 0.206. The number of methoxy groups -OCH3 is 1. The van der Waals surface area contributed by atoms with Crippen molar-refractivity contribution in [3.63, 3.8) is 0 Å². The maximum atomic E-state index is 13.2. The van der Waals surface area contributed by atoms with Gasteiger partial charge in [-0.3, -0.25) is 24.0 Å². The Kier molecular flexibility index (Phi) is 5.91. The van der Waals surface area contributed by atoms with Gasteiger partial charge in [-0.05, 0) is 36.6 Å². The summed E-state index contributed by atoms with van der Waals surface area (Å²) in [6, 6.07) is 12.4. The second-order valence-corrected chi connectivity index (χ2v) is 11.3. The van der Waals surface area contributed by atoms with Crippen LogP contribution in [0.25, 0.3) is 0 Å². The van der Waals surface area contributed by atoms with Gasteiger partial charge in [0.1, 0.15) is 18.5 Å². The molecule has 0 saturated carbocycles. The molecule has 3 aromatic carbocycles. The number of phenols is 2. The largest absolute Gasteiger partial charge is 0.504 e. The fourth-order valence-corrected chi connectivity index (χ4v) is 7.00. The van der Waals surface area contributed by atoms with Crippen LogP contribution in [-0.2, 0) is 16.6 Å². The van der Waals surface area contributed by atoms with Gasteiger partial charge >= 0.3 is 0 Å². The average molecular weight is 593 g/mol. The van der Waals surface area contributed by atoms with Crippen molar-refractivity contribution in [1.82, 2.24) is 0 Å². The van der Waals surface area contributed by atoms with Crippen molar-refractivity contribution in [2.75, 3.05) is 7.11 Å². The Morgan fingerprint density at radius 3 is 2.18 bits per heavy atom. The smallest absolute Gasteiger partial charge is 0.229 e. The Morgan fingerprint density at radius 1 is 0.795 bits per heavy atom. The van der Waals surface area contributed by atoms with E-state index < -0.39 is 40.7 Å². The Morgan fingerprint density at radius 2 is 1.48 bits per heavy atom. The molecule has 0 saturated heterocycles. The molecule has 0 radical (unpaired) electrons. The molecule has 44 heavy (non-hydrogen) atoms. The quantitative estimate of drug-likeness (QED) is 0.244. The summed E-state index contributed by atoms with van der Waals surface area (Å²) in [5, 5.41) is 30.2. The number of carbonyl (C=O) groups excluding carboxylic acids is 5. The van der Waals surface area contributed by atoms with E-state index in [1.807, 2.05) is 0 Å². The van der Waals surface area contributed by atoms with Crippen molar-refractivity contribution in [3.05, 3.63) is 116 Å². The first-order chi connectivity index (χ1) is 21.0. The number of Topliss-reactive ketones (excluding diaryl/α,β-unsaturated/α-hetero) is 2. The number of aromatic hydroxyl groups is 2. The lowest BCUT2D eigenvalue weighted by molar-refractivity contribution is -0.0319. The molecule has 0 fully saturated rings. The number of fused-ring (bicyclic) bond motifs is 6. The Labute approximate surface area is 249 Å². The molecule has 0 amide bonds. The van der Waals surface area contributed by atoms with Crippen LogP contribution >= 0.6 is 0 Å². The van der Waals surface area contributed by atoms with Gasteiger partial charge in [0.15, 0.2) is 40.4 Å². The van der Waals surface area contributed by atoms with Gasteiger partial charge in [-0.25, -0.2) is 0 Å². The number of aliphatic hydroxyl groups excluding tert-OH is 1. The standard InChI is InChI=1S/C20H16O6.C14H8O4/c1-20-11-5-3-8-9(4-6-12(8)21)13(11)16(23)17-14(20)10(7-26-17)15(22)18(25-2)19(20)24;15-10-6-5-9-11(14(10)18)13(17)8-4-2-1-3-7(8)12(9)16/h3,5,7,18-19,24H,4,6H2,1-2H3;1-6,15,18H/t18-,19-,20-;/m1./s1. The molecule has 10 heteroatoms. The molecule has 1 aromatic heterocycles. The van der Waals surface area contributed by atoms with Crippen molar-refractivity contribution in [2.45, 2.75) is 37.4 Å². The second-order valence-electron chi connectivity index (χ2n) is 11.3. The van der Waals surface area contributed by atoms with Crippen molar-refractivity contribution >= 4 is 28.9 Å². The van der Waals surface area contributed by atoms with E-state index in [0.717, 1.165) is 0 Å². The first kappa shape index (κ1) is 27.6. The van der Waals surface area contributed by atoms with E-state index in [9.17, 15) is 39.3 Å². The van der Waals surface area contributed by atoms with E-state index in [2.05, 4.69) is 0 Å². The van der Waals surface area contributed by atoms with Gasteiger partial charge in [0.25, 0.3) is 0 Å². The molecule has 3 N–H and O–H groups in total. The zero-order valence-electron chi connectivity index (χ0n) is 23.5. The van der Waals surface area contributed by atoms with Gasteiger partial charge in [0, 0.05) is 46.9 Å². The topological polar surface area (TPSA) is 168 Å². The molecule has 0 aliphatic heterocycles. The van der Waals surface area contributed by atoms with Crippen LogP contribution in [0.3, 0.4) is 0 Å². The average Bonchev–Trinajstić information content (AvgIpc) is 3.65. The van der Waals surface area contributed by atoms with E-state index in [1.54, 1.807) is 37.3 Å². The summed E-state index contributed by atoms with van der Waals surface area (Å²) in [5.41, 5.74) is 2.53. The number of aliphatic hydroxyl groups is 1. The summed E-state index contributed by atoms with van der Waals surface area (Å²) in [7, 11) is 1.37. The molecule has 8 rings (SSSR count). The van der Waals surface area contributed by atoms with Gasteiger partial charge in [0.05, 0.1) is 16.5 Å². The van der Waals surface area contributed by atoms with E-state index >= 15 is 0 Å². The van der Waals surface area contributed by atoms with Gasteiger partial charge in [-0.15, -0.1) is 0 Å². The molecular weight excluding hydrogens is 568 g/mol. The van der Waals surface area contributed by atoms with Gasteiger partial charge in [-0.2, -0.15) is 0 Å². The highest BCUT2D eigenvalue weighted by molar-refractivity contribution is 6.29. The van der Waals surface area contributed by atoms with Crippen LogP contribution in [0.4, 0.5) is 0 Å². The van der Waals surface area contributed by atoms with Crippen LogP contribution in [0.15, 0.2) is 59.2 Å². The molecular formula is C34H24O10. The summed E-state index contributed by atoms with van der Waals surface area (Å²) in [6.45, 7) is 1.79. The highest BCUT2D eigenvalue weighted by Crippen LogP contribution is 2.52. The number of phenolic OH excluding ortho intramolecular Hbond substituents is 2. The monoisotopic (exact) mass is 592 g/mol. The molecule has 4 aliphatic carbocycles. The molecule has 220 valence electrons. The maximum absolute atomic E-state index is 13.2. The van der Waals surface area contributed by atoms with Gasteiger partial charge in [-0.1, -0.05) is 36.4 Å². The van der Waals surface area contributed by atoms with E-state index in [1.165, 1.54) is 31.6 Å². The summed E-state index contributed by atoms with van der Waals surface area (Å²) < 4.78 is 10.8. The summed E-state index contributed by atoms with van der Waals surface area (Å²) in [5.74, 6) is -2.36. The number of hydrogen-bond acceptors (Lipinski definition) is 10. The van der Waals surface area contributed by atoms with E-state index in [0.29, 0.717) is 46.2 Å². The second kappa shape index (κ2) is 9.40. The highest BCUT2D eigenvalue weighted by Gasteiger charge is 2.57. The number of hydrogen-bond donors (Lipinski definition) is 3. The molecule has 0 bridgehead atoms. The number of furan rings is 1.